The molecule has 0 unspecified atom stereocenters. The van der Waals surface area contributed by atoms with E-state index in [4.69, 9.17) is 0 Å². The summed E-state index contributed by atoms with van der Waals surface area (Å²) in [5, 5.41) is 0. The predicted molar refractivity (Wildman–Crippen MR) is 65.8 cm³/mol. The van der Waals surface area contributed by atoms with Crippen molar-refractivity contribution in [2.45, 2.75) is 54.4 Å². The Morgan fingerprint density at radius 3 is 1.54 bits per heavy atom. The summed E-state index contributed by atoms with van der Waals surface area (Å²) in [7, 11) is 1.76. The molecule has 0 N–H and O–H groups in total. The number of allylic oxidation sites excluding steroid dienone is 2. The van der Waals surface area contributed by atoms with Crippen molar-refractivity contribution in [1.82, 2.24) is 0 Å². The molecule has 1 heteroatoms. The van der Waals surface area contributed by atoms with Gasteiger partial charge < -0.3 is 0 Å². The zero-order chi connectivity index (χ0) is 11.1. The third-order valence-corrected chi connectivity index (χ3v) is 1.06. The average Bonchev–Trinajstić information content (AvgIpc) is 2.18. The predicted octanol–water partition coefficient (Wildman–Crippen LogP) is 4.49. The molecule has 1 nitrogen and oxygen atoms in total. The van der Waals surface area contributed by atoms with E-state index in [-0.39, 0.29) is 0 Å². The Morgan fingerprint density at radius 2 is 1.46 bits per heavy atom. The molecule has 0 heterocycles. The zero-order valence-corrected chi connectivity index (χ0v) is 10.5. The van der Waals surface area contributed by atoms with Gasteiger partial charge in [-0.05, 0) is 19.9 Å². The van der Waals surface area contributed by atoms with Crippen LogP contribution in [0.2, 0.25) is 0 Å². The number of hydrogen-bond acceptors (Lipinski definition) is 1. The summed E-state index contributed by atoms with van der Waals surface area (Å²) in [6.45, 7) is 12.4. The van der Waals surface area contributed by atoms with Gasteiger partial charge in [-0.3, -0.25) is 4.99 Å². The summed E-state index contributed by atoms with van der Waals surface area (Å²) >= 11 is 0. The van der Waals surface area contributed by atoms with E-state index in [2.05, 4.69) is 18.8 Å². The molecular weight excluding hydrogens is 158 g/mol. The van der Waals surface area contributed by atoms with Gasteiger partial charge in [-0.2, -0.15) is 0 Å². The highest BCUT2D eigenvalue weighted by molar-refractivity contribution is 5.71. The van der Waals surface area contributed by atoms with Crippen LogP contribution in [-0.4, -0.2) is 13.3 Å². The van der Waals surface area contributed by atoms with E-state index in [9.17, 15) is 0 Å². The SMILES string of the molecule is CC.CCCC.CN=CC=C(C)C. The summed E-state index contributed by atoms with van der Waals surface area (Å²) in [4.78, 5) is 3.77. The molecule has 0 saturated carbocycles. The number of aliphatic imine (C=N–C) groups is 1. The van der Waals surface area contributed by atoms with Gasteiger partial charge in [0.25, 0.3) is 0 Å². The van der Waals surface area contributed by atoms with E-state index in [1.54, 1.807) is 13.3 Å². The van der Waals surface area contributed by atoms with Gasteiger partial charge in [0, 0.05) is 13.3 Å². The van der Waals surface area contributed by atoms with Crippen LogP contribution < -0.4 is 0 Å². The van der Waals surface area contributed by atoms with Crippen molar-refractivity contribution in [1.29, 1.82) is 0 Å². The van der Waals surface area contributed by atoms with E-state index in [0.717, 1.165) is 0 Å². The van der Waals surface area contributed by atoms with Crippen molar-refractivity contribution in [2.24, 2.45) is 4.99 Å². The van der Waals surface area contributed by atoms with Gasteiger partial charge in [0.15, 0.2) is 0 Å². The Balaban J connectivity index is -0.000000142. The first-order valence-electron chi connectivity index (χ1n) is 5.24. The standard InChI is InChI=1S/C6H11N.C4H10.C2H6/c1-6(2)4-5-7-3;1-3-4-2;1-2/h4-5H,1-3H3;3-4H2,1-2H3;1-2H3. The van der Waals surface area contributed by atoms with Crippen molar-refractivity contribution in [2.75, 3.05) is 7.05 Å². The lowest BCUT2D eigenvalue weighted by Crippen LogP contribution is -1.65. The fraction of sp³-hybridized carbons (Fsp3) is 0.750. The molecular formula is C12H27N. The molecule has 0 spiro atoms. The number of nitrogens with zero attached hydrogens (tertiary/aromatic N) is 1. The molecule has 0 aromatic rings. The summed E-state index contributed by atoms with van der Waals surface area (Å²) in [5.74, 6) is 0. The minimum atomic E-state index is 1.28. The Hall–Kier alpha value is -0.590. The molecule has 0 aromatic carbocycles. The monoisotopic (exact) mass is 185 g/mol. The lowest BCUT2D eigenvalue weighted by Gasteiger charge is -1.77. The lowest BCUT2D eigenvalue weighted by molar-refractivity contribution is 0.886. The first-order valence-corrected chi connectivity index (χ1v) is 5.24. The van der Waals surface area contributed by atoms with Gasteiger partial charge in [0.05, 0.1) is 0 Å². The summed E-state index contributed by atoms with van der Waals surface area (Å²) in [6.07, 6.45) is 6.40. The average molecular weight is 185 g/mol. The maximum Gasteiger partial charge on any atom is 0.0277 e. The van der Waals surface area contributed by atoms with E-state index in [0.29, 0.717) is 0 Å². The molecule has 0 rings (SSSR count). The molecule has 0 amide bonds. The molecule has 0 atom stereocenters. The van der Waals surface area contributed by atoms with Crippen LogP contribution in [0.4, 0.5) is 0 Å². The van der Waals surface area contributed by atoms with Gasteiger partial charge >= 0.3 is 0 Å². The second-order valence-electron chi connectivity index (χ2n) is 2.65. The molecule has 0 aliphatic heterocycles. The first-order chi connectivity index (χ1) is 6.18. The first kappa shape index (κ1) is 18.2. The molecule has 0 bridgehead atoms. The fourth-order valence-electron chi connectivity index (χ4n) is 0.224. The van der Waals surface area contributed by atoms with Crippen LogP contribution in [0.3, 0.4) is 0 Å². The van der Waals surface area contributed by atoms with Gasteiger partial charge in [0.2, 0.25) is 0 Å². The molecule has 0 aromatic heterocycles. The Kier molecular flexibility index (Phi) is 31.6. The second kappa shape index (κ2) is 22.5. The minimum Gasteiger partial charge on any atom is -0.297 e. The maximum atomic E-state index is 3.77. The Bertz CT molecular complexity index is 106. The highest BCUT2D eigenvalue weighted by atomic mass is 14.6. The third kappa shape index (κ3) is 52.0. The normalized spacial score (nSPS) is 7.92. The lowest BCUT2D eigenvalue weighted by atomic mass is 10.3. The van der Waals surface area contributed by atoms with E-state index >= 15 is 0 Å². The highest BCUT2D eigenvalue weighted by Crippen LogP contribution is 1.82. The molecule has 0 aliphatic carbocycles. The number of rotatable bonds is 2. The van der Waals surface area contributed by atoms with Crippen LogP contribution in [0.1, 0.15) is 54.4 Å². The number of hydrogen-bond donors (Lipinski definition) is 0. The van der Waals surface area contributed by atoms with Crippen molar-refractivity contribution >= 4 is 6.21 Å². The van der Waals surface area contributed by atoms with Crippen molar-refractivity contribution in [3.8, 4) is 0 Å². The molecule has 80 valence electrons. The van der Waals surface area contributed by atoms with Crippen molar-refractivity contribution in [3.63, 3.8) is 0 Å². The minimum absolute atomic E-state index is 1.28. The van der Waals surface area contributed by atoms with Crippen LogP contribution in [0.15, 0.2) is 16.6 Å². The molecule has 0 radical (unpaired) electrons. The topological polar surface area (TPSA) is 12.4 Å². The van der Waals surface area contributed by atoms with Gasteiger partial charge in [0.1, 0.15) is 0 Å². The molecule has 0 saturated heterocycles. The Morgan fingerprint density at radius 1 is 1.08 bits per heavy atom. The summed E-state index contributed by atoms with van der Waals surface area (Å²) < 4.78 is 0. The maximum absolute atomic E-state index is 3.77. The van der Waals surface area contributed by atoms with Crippen molar-refractivity contribution in [3.05, 3.63) is 11.6 Å². The van der Waals surface area contributed by atoms with E-state index in [1.807, 2.05) is 33.8 Å². The van der Waals surface area contributed by atoms with Gasteiger partial charge in [-0.15, -0.1) is 0 Å². The third-order valence-electron chi connectivity index (χ3n) is 1.06. The van der Waals surface area contributed by atoms with E-state index in [1.165, 1.54) is 18.4 Å². The van der Waals surface area contributed by atoms with Crippen LogP contribution in [0, 0.1) is 0 Å². The zero-order valence-electron chi connectivity index (χ0n) is 10.5. The fourth-order valence-corrected chi connectivity index (χ4v) is 0.224. The quantitative estimate of drug-likeness (QED) is 0.562. The molecule has 0 aliphatic rings. The van der Waals surface area contributed by atoms with Gasteiger partial charge in [-0.25, -0.2) is 0 Å². The molecule has 13 heavy (non-hydrogen) atoms. The van der Waals surface area contributed by atoms with Crippen LogP contribution in [0.5, 0.6) is 0 Å². The Labute approximate surface area is 85.0 Å². The second-order valence-corrected chi connectivity index (χ2v) is 2.65. The van der Waals surface area contributed by atoms with Gasteiger partial charge in [-0.1, -0.05) is 46.1 Å². The van der Waals surface area contributed by atoms with E-state index < -0.39 is 0 Å². The summed E-state index contributed by atoms with van der Waals surface area (Å²) in [5.41, 5.74) is 1.28. The largest absolute Gasteiger partial charge is 0.297 e. The number of unbranched alkanes of at least 4 members (excludes halogenated alkanes) is 1. The van der Waals surface area contributed by atoms with Crippen molar-refractivity contribution < 1.29 is 0 Å². The smallest absolute Gasteiger partial charge is 0.0277 e. The van der Waals surface area contributed by atoms with Crippen LogP contribution in [0.25, 0.3) is 0 Å². The van der Waals surface area contributed by atoms with Crippen LogP contribution in [-0.2, 0) is 0 Å². The van der Waals surface area contributed by atoms with Crippen LogP contribution >= 0.6 is 0 Å². The summed E-state index contributed by atoms with van der Waals surface area (Å²) in [6, 6.07) is 0. The molecule has 0 fully saturated rings. The highest BCUT2D eigenvalue weighted by Gasteiger charge is 1.66.